The van der Waals surface area contributed by atoms with Gasteiger partial charge >= 0.3 is 14.4 Å². The summed E-state index contributed by atoms with van der Waals surface area (Å²) >= 11 is 0. The van der Waals surface area contributed by atoms with E-state index in [1.165, 1.54) is 10.4 Å². The summed E-state index contributed by atoms with van der Waals surface area (Å²) in [6, 6.07) is 35.4. The molecule has 0 aliphatic heterocycles. The van der Waals surface area contributed by atoms with Crippen molar-refractivity contribution in [1.29, 1.82) is 0 Å². The highest BCUT2D eigenvalue weighted by Crippen LogP contribution is 2.39. The highest BCUT2D eigenvalue weighted by molar-refractivity contribution is 7.00. The maximum atomic E-state index is 11.3. The van der Waals surface area contributed by atoms with Crippen molar-refractivity contribution in [3.8, 4) is 11.8 Å². The Balaban J connectivity index is 2.03. The van der Waals surface area contributed by atoms with E-state index >= 15 is 0 Å². The van der Waals surface area contributed by atoms with Crippen molar-refractivity contribution in [2.24, 2.45) is 0 Å². The Kier molecular flexibility index (Phi) is 5.54. The molecule has 0 unspecified atom stereocenters. The fourth-order valence-electron chi connectivity index (χ4n) is 4.31. The van der Waals surface area contributed by atoms with Gasteiger partial charge in [0, 0.05) is 10.4 Å². The topological polar surface area (TPSA) is 36.6 Å². The second-order valence-corrected chi connectivity index (χ2v) is 12.8. The van der Waals surface area contributed by atoms with Gasteiger partial charge in [0.2, 0.25) is 0 Å². The molecule has 0 saturated carbocycles. The van der Waals surface area contributed by atoms with Crippen molar-refractivity contribution < 1.29 is 4.43 Å². The average molecular weight is 424 g/mol. The molecule has 0 saturated heterocycles. The first kappa shape index (κ1) is 20.7. The van der Waals surface area contributed by atoms with Crippen LogP contribution in [0.1, 0.15) is 26.3 Å². The van der Waals surface area contributed by atoms with Crippen LogP contribution in [0, 0.1) is 11.3 Å². The van der Waals surface area contributed by atoms with E-state index in [0.717, 1.165) is 10.8 Å². The van der Waals surface area contributed by atoms with Crippen molar-refractivity contribution in [3.63, 3.8) is 0 Å². The summed E-state index contributed by atoms with van der Waals surface area (Å²) < 4.78 is 7.11. The zero-order chi connectivity index (χ0) is 21.9. The van der Waals surface area contributed by atoms with Gasteiger partial charge < -0.3 is 9.63 Å². The second kappa shape index (κ2) is 8.29. The molecule has 3 nitrogen and oxygen atoms in total. The fraction of sp³-hybridized carbons (Fsp3) is 0.148. The van der Waals surface area contributed by atoms with E-state index in [4.69, 9.17) is 4.43 Å². The number of hydrogen-bond acceptors (Lipinski definition) is 2. The predicted octanol–water partition coefficient (Wildman–Crippen LogP) is 5.96. The standard InChI is InChI=1S/C27H25NO2Si/c1-27(2,3)31(22-13-6-4-7-14-22,23-15-8-5-9-16-23)30-26-19-18-21-12-10-11-17-24(21)25(26)20-28-29/h4-19H,1-3H3. The summed E-state index contributed by atoms with van der Waals surface area (Å²) in [5, 5.41) is 18.3. The third-order valence-corrected chi connectivity index (χ3v) is 10.7. The van der Waals surface area contributed by atoms with E-state index in [1.54, 1.807) is 0 Å². The van der Waals surface area contributed by atoms with Crippen LogP contribution in [-0.2, 0) is 0 Å². The molecule has 154 valence electrons. The molecule has 0 spiro atoms. The molecule has 4 aromatic rings. The monoisotopic (exact) mass is 423 g/mol. The summed E-state index contributed by atoms with van der Waals surface area (Å²) in [7, 11) is -2.82. The molecule has 0 aromatic heterocycles. The first-order valence-electron chi connectivity index (χ1n) is 10.4. The van der Waals surface area contributed by atoms with Gasteiger partial charge in [-0.05, 0) is 26.9 Å². The Morgan fingerprint density at radius 1 is 0.742 bits per heavy atom. The maximum Gasteiger partial charge on any atom is 0.341 e. The minimum Gasteiger partial charge on any atom is -0.533 e. The molecule has 0 aliphatic rings. The summed E-state index contributed by atoms with van der Waals surface area (Å²) in [4.78, 5) is 0. The lowest BCUT2D eigenvalue weighted by Gasteiger charge is -2.43. The van der Waals surface area contributed by atoms with Crippen LogP contribution in [0.15, 0.2) is 97.1 Å². The third kappa shape index (κ3) is 3.69. The molecule has 0 aliphatic carbocycles. The van der Waals surface area contributed by atoms with Gasteiger partial charge in [0.25, 0.3) is 0 Å². The third-order valence-electron chi connectivity index (χ3n) is 5.73. The minimum atomic E-state index is -2.82. The molecule has 4 aromatic carbocycles. The Labute approximate surface area is 184 Å². The molecule has 0 atom stereocenters. The van der Waals surface area contributed by atoms with Gasteiger partial charge in [0.05, 0.1) is 0 Å². The van der Waals surface area contributed by atoms with Gasteiger partial charge in [-0.3, -0.25) is 0 Å². The molecule has 31 heavy (non-hydrogen) atoms. The molecular weight excluding hydrogens is 398 g/mol. The Morgan fingerprint density at radius 2 is 1.29 bits per heavy atom. The molecule has 4 heteroatoms. The Hall–Kier alpha value is -3.55. The fourth-order valence-corrected chi connectivity index (χ4v) is 8.74. The lowest BCUT2D eigenvalue weighted by molar-refractivity contribution is 0.507. The van der Waals surface area contributed by atoms with E-state index in [-0.39, 0.29) is 5.04 Å². The zero-order valence-corrected chi connectivity index (χ0v) is 19.0. The van der Waals surface area contributed by atoms with Crippen molar-refractivity contribution in [1.82, 2.24) is 0 Å². The van der Waals surface area contributed by atoms with E-state index in [1.807, 2.05) is 48.5 Å². The van der Waals surface area contributed by atoms with E-state index in [2.05, 4.69) is 80.4 Å². The van der Waals surface area contributed by atoms with Crippen molar-refractivity contribution in [2.45, 2.75) is 25.8 Å². The maximum absolute atomic E-state index is 11.3. The van der Waals surface area contributed by atoms with Gasteiger partial charge in [-0.15, -0.1) is 0 Å². The lowest BCUT2D eigenvalue weighted by atomic mass is 10.0. The highest BCUT2D eigenvalue weighted by atomic mass is 28.4. The van der Waals surface area contributed by atoms with Crippen LogP contribution in [0.5, 0.6) is 5.75 Å². The van der Waals surface area contributed by atoms with Crippen LogP contribution in [0.25, 0.3) is 15.8 Å². The Morgan fingerprint density at radius 3 is 1.84 bits per heavy atom. The molecular formula is C27H25NO2Si. The number of nitrogens with zero attached hydrogens (tertiary/aromatic N) is 1. The number of benzene rings is 4. The van der Waals surface area contributed by atoms with Gasteiger partial charge in [0.15, 0.2) is 5.56 Å². The summed E-state index contributed by atoms with van der Waals surface area (Å²) in [5.41, 5.74) is 0.598. The SMILES string of the molecule is CC(C)(C)[Si](Oc1ccc2ccccc2c1C#[N+][O-])(c1ccccc1)c1ccccc1. The first-order chi connectivity index (χ1) is 15.0. The van der Waals surface area contributed by atoms with Gasteiger partial charge in [-0.25, -0.2) is 0 Å². The van der Waals surface area contributed by atoms with Crippen molar-refractivity contribution in [3.05, 3.63) is 113 Å². The van der Waals surface area contributed by atoms with Crippen LogP contribution in [-0.4, -0.2) is 8.32 Å². The van der Waals surface area contributed by atoms with E-state index in [0.29, 0.717) is 11.3 Å². The van der Waals surface area contributed by atoms with Crippen LogP contribution in [0.3, 0.4) is 0 Å². The number of rotatable bonds is 4. The summed E-state index contributed by atoms with van der Waals surface area (Å²) in [5.74, 6) is 0.632. The normalized spacial score (nSPS) is 11.6. The largest absolute Gasteiger partial charge is 0.533 e. The molecule has 0 bridgehead atoms. The van der Waals surface area contributed by atoms with Gasteiger partial charge in [-0.2, -0.15) is 0 Å². The van der Waals surface area contributed by atoms with Crippen molar-refractivity contribution in [2.75, 3.05) is 0 Å². The van der Waals surface area contributed by atoms with Crippen LogP contribution in [0.4, 0.5) is 0 Å². The van der Waals surface area contributed by atoms with Crippen LogP contribution in [0.2, 0.25) is 5.04 Å². The molecule has 0 fully saturated rings. The molecule has 4 rings (SSSR count). The van der Waals surface area contributed by atoms with Crippen LogP contribution < -0.4 is 14.8 Å². The molecule has 0 radical (unpaired) electrons. The summed E-state index contributed by atoms with van der Waals surface area (Å²) in [6.45, 7) is 6.68. The minimum absolute atomic E-state index is 0.187. The smallest absolute Gasteiger partial charge is 0.341 e. The Bertz CT molecular complexity index is 1210. The zero-order valence-electron chi connectivity index (χ0n) is 18.0. The van der Waals surface area contributed by atoms with Crippen LogP contribution >= 0.6 is 0 Å². The van der Waals surface area contributed by atoms with Gasteiger partial charge in [0.1, 0.15) is 5.75 Å². The van der Waals surface area contributed by atoms with Crippen molar-refractivity contribution >= 4 is 29.5 Å². The van der Waals surface area contributed by atoms with E-state index < -0.39 is 8.32 Å². The summed E-state index contributed by atoms with van der Waals surface area (Å²) in [6.07, 6.45) is 0. The highest BCUT2D eigenvalue weighted by Gasteiger charge is 2.52. The van der Waals surface area contributed by atoms with Gasteiger partial charge in [-0.1, -0.05) is 112 Å². The number of hydrogen-bond donors (Lipinski definition) is 0. The second-order valence-electron chi connectivity index (χ2n) is 8.63. The number of fused-ring (bicyclic) bond motifs is 1. The predicted molar refractivity (Wildman–Crippen MR) is 132 cm³/mol. The van der Waals surface area contributed by atoms with E-state index in [9.17, 15) is 5.21 Å². The molecule has 0 N–H and O–H groups in total. The molecule has 0 heterocycles. The lowest BCUT2D eigenvalue weighted by Crippen LogP contribution is -2.68. The quantitative estimate of drug-likeness (QED) is 0.300. The molecule has 0 amide bonds. The first-order valence-corrected chi connectivity index (χ1v) is 12.3. The average Bonchev–Trinajstić information content (AvgIpc) is 2.79.